The summed E-state index contributed by atoms with van der Waals surface area (Å²) in [4.78, 5) is 42.8. The van der Waals surface area contributed by atoms with Crippen LogP contribution in [0.25, 0.3) is 0 Å². The molecule has 1 aromatic carbocycles. The Morgan fingerprint density at radius 2 is 1.62 bits per heavy atom. The number of ether oxygens (including phenoxy) is 1. The Labute approximate surface area is 189 Å². The first-order chi connectivity index (χ1) is 14.9. The van der Waals surface area contributed by atoms with Crippen LogP contribution in [0.15, 0.2) is 30.3 Å². The fourth-order valence-electron chi connectivity index (χ4n) is 1.62. The van der Waals surface area contributed by atoms with E-state index in [4.69, 9.17) is 19.7 Å². The number of carboxylic acid groups (broad SMARTS) is 2. The lowest BCUT2D eigenvalue weighted by molar-refractivity contribution is -0.192. The van der Waals surface area contributed by atoms with E-state index < -0.39 is 30.2 Å². The third-order valence-electron chi connectivity index (χ3n) is 3.15. The molecule has 0 fully saturated rings. The van der Waals surface area contributed by atoms with Gasteiger partial charge in [-0.25, -0.2) is 9.59 Å². The highest BCUT2D eigenvalue weighted by molar-refractivity contribution is 8.76. The van der Waals surface area contributed by atoms with Crippen LogP contribution in [-0.4, -0.2) is 64.4 Å². The van der Waals surface area contributed by atoms with Gasteiger partial charge in [0, 0.05) is 18.1 Å². The zero-order valence-electron chi connectivity index (χ0n) is 16.9. The van der Waals surface area contributed by atoms with E-state index in [0.29, 0.717) is 18.1 Å². The van der Waals surface area contributed by atoms with E-state index in [9.17, 15) is 27.6 Å². The fourth-order valence-corrected chi connectivity index (χ4v) is 3.51. The molecular formula is C18H23F3N2O7S2. The molecule has 1 rings (SSSR count). The maximum absolute atomic E-state index is 11.9. The summed E-state index contributed by atoms with van der Waals surface area (Å²) in [5.74, 6) is -2.69. The van der Waals surface area contributed by atoms with E-state index in [1.807, 2.05) is 30.3 Å². The Balaban J connectivity index is 0.00000118. The summed E-state index contributed by atoms with van der Waals surface area (Å²) >= 11 is 0. The quantitative estimate of drug-likeness (QED) is 0.266. The molecule has 0 aliphatic heterocycles. The van der Waals surface area contributed by atoms with Crippen molar-refractivity contribution in [2.24, 2.45) is 0 Å². The highest BCUT2D eigenvalue weighted by atomic mass is 33.1. The molecule has 9 nitrogen and oxygen atoms in total. The minimum atomic E-state index is -5.08. The second-order valence-corrected chi connectivity index (χ2v) is 8.51. The standard InChI is InChI=1S/C16H22N2O5S2.C2HF3O2/c1-12(15(21)17-8-10-25-24-9-7-14(19)20)18-16(22)23-11-13-5-3-2-4-6-13;3-2(4,5)1(6)7/h2-6,12H,7-11H2,1H3,(H,17,21)(H,18,22)(H,19,20);(H,6,7)/t12-;/m1./s1. The summed E-state index contributed by atoms with van der Waals surface area (Å²) < 4.78 is 36.8. The second-order valence-electron chi connectivity index (χ2n) is 5.81. The van der Waals surface area contributed by atoms with Gasteiger partial charge in [0.15, 0.2) is 0 Å². The van der Waals surface area contributed by atoms with Crippen LogP contribution >= 0.6 is 21.6 Å². The number of carbonyl (C=O) groups is 4. The monoisotopic (exact) mass is 500 g/mol. The van der Waals surface area contributed by atoms with E-state index in [-0.39, 0.29) is 18.9 Å². The molecule has 0 aliphatic carbocycles. The number of alkyl carbamates (subject to hydrolysis) is 1. The predicted molar refractivity (Wildman–Crippen MR) is 113 cm³/mol. The molecule has 0 unspecified atom stereocenters. The minimum absolute atomic E-state index is 0.121. The first kappa shape index (κ1) is 29.4. The Morgan fingerprint density at radius 1 is 1.06 bits per heavy atom. The van der Waals surface area contributed by atoms with Gasteiger partial charge in [-0.15, -0.1) is 0 Å². The smallest absolute Gasteiger partial charge is 0.481 e. The van der Waals surface area contributed by atoms with Crippen molar-refractivity contribution in [3.8, 4) is 0 Å². The van der Waals surface area contributed by atoms with E-state index in [1.165, 1.54) is 21.6 Å². The fraction of sp³-hybridized carbons (Fsp3) is 0.444. The number of alkyl halides is 3. The molecule has 32 heavy (non-hydrogen) atoms. The van der Waals surface area contributed by atoms with Gasteiger partial charge >= 0.3 is 24.2 Å². The molecule has 0 saturated carbocycles. The van der Waals surface area contributed by atoms with Crippen molar-refractivity contribution < 1.29 is 47.3 Å². The second kappa shape index (κ2) is 16.1. The van der Waals surface area contributed by atoms with Crippen LogP contribution in [0.3, 0.4) is 0 Å². The Kier molecular flexibility index (Phi) is 14.8. The molecule has 1 aromatic rings. The number of carbonyl (C=O) groups excluding carboxylic acids is 2. The van der Waals surface area contributed by atoms with Gasteiger partial charge in [0.2, 0.25) is 5.91 Å². The molecule has 0 bridgehead atoms. The van der Waals surface area contributed by atoms with Gasteiger partial charge in [-0.2, -0.15) is 13.2 Å². The summed E-state index contributed by atoms with van der Waals surface area (Å²) in [5, 5.41) is 20.8. The topological polar surface area (TPSA) is 142 Å². The molecule has 180 valence electrons. The molecule has 4 N–H and O–H groups in total. The molecule has 1 atom stereocenters. The van der Waals surface area contributed by atoms with Crippen LogP contribution in [-0.2, 0) is 25.7 Å². The van der Waals surface area contributed by atoms with Gasteiger partial charge in [-0.05, 0) is 12.5 Å². The summed E-state index contributed by atoms with van der Waals surface area (Å²) in [6.45, 7) is 2.16. The summed E-state index contributed by atoms with van der Waals surface area (Å²) in [6.07, 6.45) is -5.61. The lowest BCUT2D eigenvalue weighted by atomic mass is 10.2. The van der Waals surface area contributed by atoms with Gasteiger partial charge in [0.1, 0.15) is 12.6 Å². The molecule has 0 saturated heterocycles. The zero-order valence-corrected chi connectivity index (χ0v) is 18.5. The number of hydrogen-bond donors (Lipinski definition) is 4. The van der Waals surface area contributed by atoms with Crippen molar-refractivity contribution in [3.63, 3.8) is 0 Å². The SMILES string of the molecule is C[C@@H](NC(=O)OCc1ccccc1)C(=O)NCCSSCCC(=O)O.O=C(O)C(F)(F)F. The van der Waals surface area contributed by atoms with Gasteiger partial charge in [-0.3, -0.25) is 9.59 Å². The molecule has 0 radical (unpaired) electrons. The number of amides is 2. The van der Waals surface area contributed by atoms with Crippen LogP contribution in [0.1, 0.15) is 18.9 Å². The minimum Gasteiger partial charge on any atom is -0.481 e. The summed E-state index contributed by atoms with van der Waals surface area (Å²) in [5.41, 5.74) is 0.868. The van der Waals surface area contributed by atoms with Crippen LogP contribution in [0, 0.1) is 0 Å². The van der Waals surface area contributed by atoms with Crippen molar-refractivity contribution in [2.75, 3.05) is 18.1 Å². The van der Waals surface area contributed by atoms with Gasteiger partial charge in [-0.1, -0.05) is 51.9 Å². The lowest BCUT2D eigenvalue weighted by Crippen LogP contribution is -2.45. The molecule has 0 spiro atoms. The Hall–Kier alpha value is -2.61. The van der Waals surface area contributed by atoms with Crippen molar-refractivity contribution in [3.05, 3.63) is 35.9 Å². The van der Waals surface area contributed by atoms with Crippen molar-refractivity contribution in [1.29, 1.82) is 0 Å². The summed E-state index contributed by atoms with van der Waals surface area (Å²) in [7, 11) is 2.95. The van der Waals surface area contributed by atoms with E-state index in [1.54, 1.807) is 6.92 Å². The average molecular weight is 501 g/mol. The maximum Gasteiger partial charge on any atom is 0.490 e. The Morgan fingerprint density at radius 3 is 2.16 bits per heavy atom. The number of hydrogen-bond acceptors (Lipinski definition) is 7. The largest absolute Gasteiger partial charge is 0.490 e. The van der Waals surface area contributed by atoms with Gasteiger partial charge in [0.05, 0.1) is 6.42 Å². The maximum atomic E-state index is 11.9. The molecule has 0 aliphatic rings. The molecule has 0 heterocycles. The number of aliphatic carboxylic acids is 2. The van der Waals surface area contributed by atoms with Gasteiger partial charge < -0.3 is 25.6 Å². The van der Waals surface area contributed by atoms with Crippen LogP contribution in [0.5, 0.6) is 0 Å². The van der Waals surface area contributed by atoms with Crippen LogP contribution < -0.4 is 10.6 Å². The average Bonchev–Trinajstić information content (AvgIpc) is 2.71. The first-order valence-corrected chi connectivity index (χ1v) is 11.4. The van der Waals surface area contributed by atoms with Crippen molar-refractivity contribution in [1.82, 2.24) is 10.6 Å². The highest BCUT2D eigenvalue weighted by Crippen LogP contribution is 2.20. The number of benzene rings is 1. The third kappa shape index (κ3) is 16.1. The third-order valence-corrected chi connectivity index (χ3v) is 5.56. The number of halogens is 3. The van der Waals surface area contributed by atoms with E-state index >= 15 is 0 Å². The molecule has 2 amide bonds. The summed E-state index contributed by atoms with van der Waals surface area (Å²) in [6, 6.07) is 8.56. The van der Waals surface area contributed by atoms with E-state index in [0.717, 1.165) is 5.56 Å². The molecular weight excluding hydrogens is 477 g/mol. The first-order valence-electron chi connectivity index (χ1n) is 8.94. The highest BCUT2D eigenvalue weighted by Gasteiger charge is 2.38. The molecule has 14 heteroatoms. The van der Waals surface area contributed by atoms with Crippen LogP contribution in [0.2, 0.25) is 0 Å². The van der Waals surface area contributed by atoms with E-state index in [2.05, 4.69) is 10.6 Å². The van der Waals surface area contributed by atoms with Crippen molar-refractivity contribution >= 4 is 45.5 Å². The van der Waals surface area contributed by atoms with Crippen LogP contribution in [0.4, 0.5) is 18.0 Å². The lowest BCUT2D eigenvalue weighted by Gasteiger charge is -2.14. The normalized spacial score (nSPS) is 11.4. The van der Waals surface area contributed by atoms with Gasteiger partial charge in [0.25, 0.3) is 0 Å². The number of rotatable bonds is 11. The Bertz CT molecular complexity index is 737. The predicted octanol–water partition coefficient (Wildman–Crippen LogP) is 2.91. The van der Waals surface area contributed by atoms with Crippen molar-refractivity contribution in [2.45, 2.75) is 32.2 Å². The number of nitrogens with one attached hydrogen (secondary N) is 2. The zero-order chi connectivity index (χ0) is 24.6. The number of carboxylic acids is 2. The molecule has 0 aromatic heterocycles.